The number of carbonyl (C=O) groups excluding carboxylic acids is 2. The second-order valence-corrected chi connectivity index (χ2v) is 22.9. The van der Waals surface area contributed by atoms with Gasteiger partial charge in [-0.05, 0) is 90.9 Å². The van der Waals surface area contributed by atoms with E-state index in [0.29, 0.717) is 108 Å². The number of ether oxygens (including phenoxy) is 5. The number of nitrogens with zero attached hydrogens (tertiary/aromatic N) is 9. The fourth-order valence-corrected chi connectivity index (χ4v) is 11.1. The Hall–Kier alpha value is -7.58. The van der Waals surface area contributed by atoms with Crippen LogP contribution in [-0.4, -0.2) is 154 Å². The molecule has 0 unspecified atom stereocenters. The molecular weight excluding hydrogens is 1090 g/mol. The number of carbonyl (C=O) groups is 2. The Labute approximate surface area is 495 Å². The SMILES string of the molecule is CCOc1cc(C(C)(C)C)ccc1C1=N[C@](C)(c2ccccc2)[C@](C)(c2ccc(Cl)cc2)N1C(=O)N1CCN(CCOCCOCCOCCOCCC(=O)n2cc(-c3cnc4[nH]cc(-c5cnn(Cc6cccc(F)c6)c5)c4c3)cn2)CC1. The number of amides is 2. The molecule has 0 radical (unpaired) electrons. The molecule has 19 heteroatoms. The standard InChI is InChI=1S/C65H74ClFN10O7/c1-7-84-58-38-52(63(2,3)4)18-21-55(58)61-72-64(5,50-13-9-8-10-14-50)65(6,51-16-19-53(66)20-17-51)77(61)62(79)74-25-23-73(24-26-74)27-29-81-31-33-83-35-34-82-32-30-80-28-22-59(78)76-45-48(40-71-76)47-37-56-57(42-69-60(56)68-39-47)49-41-70-75(44-49)43-46-12-11-15-54(67)36-46/h8-21,36-42,44-45H,7,22-35,43H2,1-6H3,(H,68,69)/t64-,65+/m1/s1. The number of hydrogen-bond acceptors (Lipinski definition) is 12. The van der Waals surface area contributed by atoms with Crippen molar-refractivity contribution >= 4 is 40.4 Å². The number of fused-ring (bicyclic) bond motifs is 1. The molecular formula is C65H74ClFN10O7. The van der Waals surface area contributed by atoms with E-state index in [9.17, 15) is 9.18 Å². The van der Waals surface area contributed by atoms with E-state index in [1.165, 1.54) is 16.8 Å². The molecule has 4 aromatic carbocycles. The first-order valence-electron chi connectivity index (χ1n) is 28.8. The largest absolute Gasteiger partial charge is 0.493 e. The molecule has 8 aromatic rings. The van der Waals surface area contributed by atoms with Crippen LogP contribution in [0.1, 0.15) is 80.6 Å². The number of piperazine rings is 1. The topological polar surface area (TPSA) is 167 Å². The van der Waals surface area contributed by atoms with Gasteiger partial charge in [-0.25, -0.2) is 18.9 Å². The molecule has 440 valence electrons. The van der Waals surface area contributed by atoms with Gasteiger partial charge in [0.15, 0.2) is 0 Å². The second kappa shape index (κ2) is 26.6. The predicted octanol–water partition coefficient (Wildman–Crippen LogP) is 11.3. The molecule has 2 amide bonds. The van der Waals surface area contributed by atoms with Crippen molar-refractivity contribution in [2.24, 2.45) is 4.99 Å². The Morgan fingerprint density at radius 3 is 2.12 bits per heavy atom. The zero-order valence-corrected chi connectivity index (χ0v) is 49.5. The van der Waals surface area contributed by atoms with E-state index in [2.05, 4.69) is 90.0 Å². The maximum Gasteiger partial charge on any atom is 0.326 e. The van der Waals surface area contributed by atoms with E-state index in [0.717, 1.165) is 62.0 Å². The van der Waals surface area contributed by atoms with Crippen molar-refractivity contribution in [3.63, 3.8) is 0 Å². The summed E-state index contributed by atoms with van der Waals surface area (Å²) in [6.07, 6.45) is 10.8. The molecule has 2 atom stereocenters. The number of amidine groups is 1. The third-order valence-corrected chi connectivity index (χ3v) is 16.2. The van der Waals surface area contributed by atoms with E-state index >= 15 is 4.79 Å². The van der Waals surface area contributed by atoms with E-state index < -0.39 is 11.1 Å². The van der Waals surface area contributed by atoms with Crippen LogP contribution in [0.5, 0.6) is 5.75 Å². The van der Waals surface area contributed by atoms with Crippen LogP contribution in [0, 0.1) is 5.82 Å². The van der Waals surface area contributed by atoms with Crippen LogP contribution in [0.25, 0.3) is 33.3 Å². The van der Waals surface area contributed by atoms with Crippen molar-refractivity contribution < 1.29 is 37.7 Å². The first-order valence-corrected chi connectivity index (χ1v) is 29.1. The number of benzene rings is 4. The summed E-state index contributed by atoms with van der Waals surface area (Å²) in [4.78, 5) is 48.1. The Bertz CT molecular complexity index is 3560. The van der Waals surface area contributed by atoms with Gasteiger partial charge < -0.3 is 33.6 Å². The first kappa shape index (κ1) is 59.6. The van der Waals surface area contributed by atoms with Crippen LogP contribution in [0.4, 0.5) is 9.18 Å². The van der Waals surface area contributed by atoms with Gasteiger partial charge in [0.2, 0.25) is 5.91 Å². The Morgan fingerprint density at radius 1 is 0.714 bits per heavy atom. The molecule has 0 saturated carbocycles. The van der Waals surface area contributed by atoms with Crippen molar-refractivity contribution in [1.82, 2.24) is 44.2 Å². The van der Waals surface area contributed by atoms with Crippen LogP contribution in [0.3, 0.4) is 0 Å². The van der Waals surface area contributed by atoms with Gasteiger partial charge in [0.1, 0.15) is 34.1 Å². The minimum atomic E-state index is -0.970. The zero-order valence-electron chi connectivity index (χ0n) is 48.7. The molecule has 1 fully saturated rings. The van der Waals surface area contributed by atoms with E-state index in [1.807, 2.05) is 83.7 Å². The Kier molecular flexibility index (Phi) is 18.8. The number of aliphatic imine (C=N–C) groups is 1. The summed E-state index contributed by atoms with van der Waals surface area (Å²) in [5.74, 6) is 0.777. The van der Waals surface area contributed by atoms with Gasteiger partial charge in [0.05, 0.1) is 90.4 Å². The fourth-order valence-electron chi connectivity index (χ4n) is 11.0. The number of nitrogens with one attached hydrogen (secondary N) is 1. The number of pyridine rings is 1. The Morgan fingerprint density at radius 2 is 1.42 bits per heavy atom. The number of aromatic amines is 1. The van der Waals surface area contributed by atoms with Gasteiger partial charge in [-0.1, -0.05) is 93.0 Å². The summed E-state index contributed by atoms with van der Waals surface area (Å²) in [6.45, 7) is 20.0. The Balaban J connectivity index is 0.631. The minimum absolute atomic E-state index is 0.119. The zero-order chi connectivity index (χ0) is 58.8. The van der Waals surface area contributed by atoms with Gasteiger partial charge in [0, 0.05) is 90.2 Å². The highest BCUT2D eigenvalue weighted by Gasteiger charge is 2.60. The highest BCUT2D eigenvalue weighted by atomic mass is 35.5. The van der Waals surface area contributed by atoms with Crippen molar-refractivity contribution in [2.45, 2.75) is 71.0 Å². The lowest BCUT2D eigenvalue weighted by molar-refractivity contribution is -0.00511. The first-order chi connectivity index (χ1) is 40.6. The quantitative estimate of drug-likeness (QED) is 0.0572. The van der Waals surface area contributed by atoms with Crippen molar-refractivity contribution in [1.29, 1.82) is 0 Å². The third kappa shape index (κ3) is 13.3. The summed E-state index contributed by atoms with van der Waals surface area (Å²) < 4.78 is 46.3. The van der Waals surface area contributed by atoms with E-state index in [1.54, 1.807) is 35.5 Å². The summed E-state index contributed by atoms with van der Waals surface area (Å²) in [5.41, 5.74) is 6.71. The van der Waals surface area contributed by atoms with Gasteiger partial charge in [0.25, 0.3) is 0 Å². The summed E-state index contributed by atoms with van der Waals surface area (Å²) in [7, 11) is 0. The lowest BCUT2D eigenvalue weighted by atomic mass is 9.71. The summed E-state index contributed by atoms with van der Waals surface area (Å²) in [6, 6.07) is 32.7. The number of aromatic nitrogens is 6. The van der Waals surface area contributed by atoms with Crippen LogP contribution < -0.4 is 4.74 Å². The third-order valence-electron chi connectivity index (χ3n) is 15.9. The normalized spacial score (nSPS) is 17.5. The average Bonchev–Trinajstić information content (AvgIpc) is 1.79. The van der Waals surface area contributed by atoms with Crippen molar-refractivity contribution in [3.8, 4) is 28.0 Å². The van der Waals surface area contributed by atoms with Crippen LogP contribution in [0.15, 0.2) is 145 Å². The maximum absolute atomic E-state index is 15.4. The van der Waals surface area contributed by atoms with Gasteiger partial charge in [-0.2, -0.15) is 10.2 Å². The number of urea groups is 1. The fraction of sp³-hybridized carbons (Fsp3) is 0.385. The molecule has 1 N–H and O–H groups in total. The lowest BCUT2D eigenvalue weighted by Gasteiger charge is -2.47. The molecule has 0 aliphatic carbocycles. The van der Waals surface area contributed by atoms with Gasteiger partial charge in [-0.15, -0.1) is 0 Å². The molecule has 4 aromatic heterocycles. The van der Waals surface area contributed by atoms with Crippen LogP contribution >= 0.6 is 11.6 Å². The number of halogens is 2. The van der Waals surface area contributed by atoms with E-state index in [-0.39, 0.29) is 36.2 Å². The second-order valence-electron chi connectivity index (χ2n) is 22.4. The van der Waals surface area contributed by atoms with Gasteiger partial charge in [-0.3, -0.25) is 24.3 Å². The number of hydrogen-bond donors (Lipinski definition) is 1. The molecule has 6 heterocycles. The molecule has 0 bridgehead atoms. The van der Waals surface area contributed by atoms with Gasteiger partial charge >= 0.3 is 6.03 Å². The molecule has 84 heavy (non-hydrogen) atoms. The predicted molar refractivity (Wildman–Crippen MR) is 323 cm³/mol. The van der Waals surface area contributed by atoms with Crippen molar-refractivity contribution in [3.05, 3.63) is 179 Å². The van der Waals surface area contributed by atoms with Crippen molar-refractivity contribution in [2.75, 3.05) is 92.2 Å². The van der Waals surface area contributed by atoms with Crippen LogP contribution in [0.2, 0.25) is 5.02 Å². The molecule has 2 aliphatic rings. The summed E-state index contributed by atoms with van der Waals surface area (Å²) in [5, 5.41) is 10.3. The summed E-state index contributed by atoms with van der Waals surface area (Å²) >= 11 is 6.50. The number of rotatable bonds is 24. The average molecular weight is 1160 g/mol. The highest BCUT2D eigenvalue weighted by molar-refractivity contribution is 6.30. The minimum Gasteiger partial charge on any atom is -0.493 e. The molecule has 17 nitrogen and oxygen atoms in total. The highest BCUT2D eigenvalue weighted by Crippen LogP contribution is 2.54. The molecule has 1 saturated heterocycles. The smallest absolute Gasteiger partial charge is 0.326 e. The maximum atomic E-state index is 15.4. The monoisotopic (exact) mass is 1160 g/mol. The van der Waals surface area contributed by atoms with Crippen LogP contribution in [-0.2, 0) is 42.0 Å². The number of H-pyrrole nitrogens is 1. The molecule has 10 rings (SSSR count). The molecule has 2 aliphatic heterocycles. The van der Waals surface area contributed by atoms with E-state index in [4.69, 9.17) is 40.3 Å². The lowest BCUT2D eigenvalue weighted by Crippen LogP contribution is -2.60. The molecule has 0 spiro atoms.